The number of carbonyl (C=O) groups is 1. The van der Waals surface area contributed by atoms with Crippen LogP contribution >= 0.6 is 22.6 Å². The van der Waals surface area contributed by atoms with Crippen molar-refractivity contribution in [3.05, 3.63) is 21.3 Å². The second kappa shape index (κ2) is 3.17. The van der Waals surface area contributed by atoms with E-state index in [0.717, 1.165) is 20.6 Å². The molecule has 1 aliphatic heterocycles. The first-order valence-corrected chi connectivity index (χ1v) is 4.97. The Labute approximate surface area is 89.6 Å². The molecule has 1 amide bonds. The summed E-state index contributed by atoms with van der Waals surface area (Å²) in [5, 5.41) is 2.79. The number of hydrogen-bond donors (Lipinski definition) is 1. The first kappa shape index (κ1) is 8.80. The number of carbonyl (C=O) groups excluding carboxylic acids is 1. The third-order valence-electron chi connectivity index (χ3n) is 1.89. The maximum atomic E-state index is 11.0. The summed E-state index contributed by atoms with van der Waals surface area (Å²) in [6.45, 7) is 2.07. The van der Waals surface area contributed by atoms with Gasteiger partial charge >= 0.3 is 0 Å². The van der Waals surface area contributed by atoms with Crippen molar-refractivity contribution in [2.24, 2.45) is 0 Å². The molecule has 0 fully saturated rings. The predicted molar refractivity (Wildman–Crippen MR) is 58.0 cm³/mol. The largest absolute Gasteiger partial charge is 0.482 e. The van der Waals surface area contributed by atoms with Crippen LogP contribution in [0, 0.1) is 10.5 Å². The lowest BCUT2D eigenvalue weighted by Crippen LogP contribution is -2.26. The lowest BCUT2D eigenvalue weighted by atomic mass is 10.1. The zero-order chi connectivity index (χ0) is 9.42. The highest BCUT2D eigenvalue weighted by molar-refractivity contribution is 14.1. The Balaban J connectivity index is 2.53. The van der Waals surface area contributed by atoms with Crippen LogP contribution in [0.4, 0.5) is 5.69 Å². The monoisotopic (exact) mass is 289 g/mol. The summed E-state index contributed by atoms with van der Waals surface area (Å²) in [6.07, 6.45) is 0. The highest BCUT2D eigenvalue weighted by atomic mass is 127. The van der Waals surface area contributed by atoms with Crippen molar-refractivity contribution in [3.63, 3.8) is 0 Å². The molecule has 0 aromatic heterocycles. The van der Waals surface area contributed by atoms with Gasteiger partial charge in [-0.05, 0) is 47.2 Å². The smallest absolute Gasteiger partial charge is 0.262 e. The number of rotatable bonds is 0. The zero-order valence-corrected chi connectivity index (χ0v) is 9.21. The number of nitrogens with one attached hydrogen (secondary N) is 1. The predicted octanol–water partition coefficient (Wildman–Crippen LogP) is 1.93. The van der Waals surface area contributed by atoms with Crippen LogP contribution in [-0.2, 0) is 4.79 Å². The van der Waals surface area contributed by atoms with Gasteiger partial charge in [0.25, 0.3) is 5.91 Å². The van der Waals surface area contributed by atoms with Gasteiger partial charge in [0.05, 0.1) is 5.69 Å². The molecular weight excluding hydrogens is 281 g/mol. The molecule has 1 N–H and O–H groups in total. The van der Waals surface area contributed by atoms with E-state index in [1.807, 2.05) is 19.1 Å². The Morgan fingerprint density at radius 3 is 3.08 bits per heavy atom. The number of benzene rings is 1. The summed E-state index contributed by atoms with van der Waals surface area (Å²) in [5.74, 6) is 0.681. The molecule has 1 aromatic rings. The fourth-order valence-corrected chi connectivity index (χ4v) is 2.06. The van der Waals surface area contributed by atoms with Crippen molar-refractivity contribution in [1.82, 2.24) is 0 Å². The molecule has 0 atom stereocenters. The van der Waals surface area contributed by atoms with Gasteiger partial charge in [-0.1, -0.05) is 0 Å². The topological polar surface area (TPSA) is 38.3 Å². The van der Waals surface area contributed by atoms with Crippen molar-refractivity contribution in [2.75, 3.05) is 11.9 Å². The first-order valence-electron chi connectivity index (χ1n) is 3.89. The lowest BCUT2D eigenvalue weighted by Gasteiger charge is -2.19. The summed E-state index contributed by atoms with van der Waals surface area (Å²) in [7, 11) is 0. The van der Waals surface area contributed by atoms with E-state index >= 15 is 0 Å². The normalized spacial score (nSPS) is 14.5. The van der Waals surface area contributed by atoms with Crippen LogP contribution in [0.2, 0.25) is 0 Å². The standard InChI is InChI=1S/C9H8INO2/c1-5-2-6(10)3-7-9(5)11-8(12)4-13-7/h2-3H,4H2,1H3,(H,11,12). The summed E-state index contributed by atoms with van der Waals surface area (Å²) in [6, 6.07) is 3.93. The van der Waals surface area contributed by atoms with Crippen LogP contribution in [0.15, 0.2) is 12.1 Å². The zero-order valence-electron chi connectivity index (χ0n) is 7.06. The highest BCUT2D eigenvalue weighted by Gasteiger charge is 2.17. The molecular formula is C9H8INO2. The first-order chi connectivity index (χ1) is 6.16. The molecule has 1 aromatic carbocycles. The molecule has 0 unspecified atom stereocenters. The van der Waals surface area contributed by atoms with Crippen LogP contribution in [0.5, 0.6) is 5.75 Å². The van der Waals surface area contributed by atoms with E-state index < -0.39 is 0 Å². The van der Waals surface area contributed by atoms with Crippen molar-refractivity contribution in [1.29, 1.82) is 0 Å². The molecule has 4 heteroatoms. The summed E-state index contributed by atoms with van der Waals surface area (Å²) >= 11 is 2.22. The molecule has 13 heavy (non-hydrogen) atoms. The summed E-state index contributed by atoms with van der Waals surface area (Å²) in [5.41, 5.74) is 1.84. The molecule has 68 valence electrons. The highest BCUT2D eigenvalue weighted by Crippen LogP contribution is 2.32. The average Bonchev–Trinajstić information content (AvgIpc) is 2.06. The third-order valence-corrected chi connectivity index (χ3v) is 2.51. The molecule has 0 spiro atoms. The maximum Gasteiger partial charge on any atom is 0.262 e. The van der Waals surface area contributed by atoms with Crippen molar-refractivity contribution >= 4 is 34.2 Å². The molecule has 0 radical (unpaired) electrons. The number of anilines is 1. The van der Waals surface area contributed by atoms with Gasteiger partial charge in [-0.15, -0.1) is 0 Å². The minimum atomic E-state index is -0.0863. The third kappa shape index (κ3) is 1.63. The van der Waals surface area contributed by atoms with E-state index in [0.29, 0.717) is 0 Å². The van der Waals surface area contributed by atoms with Gasteiger partial charge in [-0.25, -0.2) is 0 Å². The van der Waals surface area contributed by atoms with Crippen molar-refractivity contribution in [2.45, 2.75) is 6.92 Å². The second-order valence-electron chi connectivity index (χ2n) is 2.93. The quantitative estimate of drug-likeness (QED) is 0.741. The Hall–Kier alpha value is -0.780. The van der Waals surface area contributed by atoms with Crippen molar-refractivity contribution < 1.29 is 9.53 Å². The number of halogens is 1. The van der Waals surface area contributed by atoms with Crippen LogP contribution in [0.25, 0.3) is 0 Å². The summed E-state index contributed by atoms with van der Waals surface area (Å²) in [4.78, 5) is 11.0. The summed E-state index contributed by atoms with van der Waals surface area (Å²) < 4.78 is 6.40. The molecule has 0 saturated carbocycles. The SMILES string of the molecule is Cc1cc(I)cc2c1NC(=O)CO2. The Morgan fingerprint density at radius 2 is 2.31 bits per heavy atom. The van der Waals surface area contributed by atoms with Crippen LogP contribution < -0.4 is 10.1 Å². The molecule has 3 nitrogen and oxygen atoms in total. The van der Waals surface area contributed by atoms with E-state index in [4.69, 9.17) is 4.74 Å². The van der Waals surface area contributed by atoms with Crippen LogP contribution in [0.3, 0.4) is 0 Å². The van der Waals surface area contributed by atoms with E-state index in [2.05, 4.69) is 27.9 Å². The Morgan fingerprint density at radius 1 is 1.54 bits per heavy atom. The average molecular weight is 289 g/mol. The molecule has 1 heterocycles. The van der Waals surface area contributed by atoms with Crippen LogP contribution in [0.1, 0.15) is 5.56 Å². The van der Waals surface area contributed by atoms with Gasteiger partial charge in [0.1, 0.15) is 5.75 Å². The number of amides is 1. The second-order valence-corrected chi connectivity index (χ2v) is 4.18. The lowest BCUT2D eigenvalue weighted by molar-refractivity contribution is -0.118. The molecule has 0 bridgehead atoms. The van der Waals surface area contributed by atoms with E-state index in [-0.39, 0.29) is 12.5 Å². The fourth-order valence-electron chi connectivity index (χ4n) is 1.31. The fraction of sp³-hybridized carbons (Fsp3) is 0.222. The van der Waals surface area contributed by atoms with Crippen molar-refractivity contribution in [3.8, 4) is 5.75 Å². The van der Waals surface area contributed by atoms with E-state index in [1.54, 1.807) is 0 Å². The minimum Gasteiger partial charge on any atom is -0.482 e. The van der Waals surface area contributed by atoms with E-state index in [1.165, 1.54) is 0 Å². The van der Waals surface area contributed by atoms with Gasteiger partial charge in [0.15, 0.2) is 6.61 Å². The Bertz CT molecular complexity index is 376. The molecule has 2 rings (SSSR count). The molecule has 1 aliphatic rings. The number of fused-ring (bicyclic) bond motifs is 1. The number of hydrogen-bond acceptors (Lipinski definition) is 2. The van der Waals surface area contributed by atoms with Gasteiger partial charge in [-0.2, -0.15) is 0 Å². The van der Waals surface area contributed by atoms with Gasteiger partial charge in [0.2, 0.25) is 0 Å². The van der Waals surface area contributed by atoms with Crippen LogP contribution in [-0.4, -0.2) is 12.5 Å². The Kier molecular flexibility index (Phi) is 2.15. The minimum absolute atomic E-state index is 0.0863. The van der Waals surface area contributed by atoms with E-state index in [9.17, 15) is 4.79 Å². The van der Waals surface area contributed by atoms with Gasteiger partial charge in [0, 0.05) is 3.57 Å². The maximum absolute atomic E-state index is 11.0. The number of aryl methyl sites for hydroxylation is 1. The number of ether oxygens (including phenoxy) is 1. The van der Waals surface area contributed by atoms with Gasteiger partial charge < -0.3 is 10.1 Å². The molecule has 0 saturated heterocycles. The molecule has 0 aliphatic carbocycles. The van der Waals surface area contributed by atoms with Gasteiger partial charge in [-0.3, -0.25) is 4.79 Å².